The van der Waals surface area contributed by atoms with Crippen LogP contribution in [0.25, 0.3) is 0 Å². The summed E-state index contributed by atoms with van der Waals surface area (Å²) in [7, 11) is 0. The highest BCUT2D eigenvalue weighted by Crippen LogP contribution is 2.26. The van der Waals surface area contributed by atoms with E-state index in [0.29, 0.717) is 24.3 Å². The van der Waals surface area contributed by atoms with Gasteiger partial charge in [0.05, 0.1) is 30.2 Å². The first kappa shape index (κ1) is 25.0. The summed E-state index contributed by atoms with van der Waals surface area (Å²) in [5.74, 6) is 1.19. The molecule has 2 amide bonds. The van der Waals surface area contributed by atoms with Crippen molar-refractivity contribution >= 4 is 29.3 Å². The van der Waals surface area contributed by atoms with Gasteiger partial charge in [-0.1, -0.05) is 29.4 Å². The van der Waals surface area contributed by atoms with Crippen molar-refractivity contribution in [2.45, 2.75) is 30.5 Å². The maximum absolute atomic E-state index is 12.9. The number of anilines is 1. The highest BCUT2D eigenvalue weighted by molar-refractivity contribution is 7.98. The number of carbonyl (C=O) groups is 2. The van der Waals surface area contributed by atoms with Gasteiger partial charge >= 0.3 is 0 Å². The Balaban J connectivity index is 1.28. The molecule has 0 radical (unpaired) electrons. The van der Waals surface area contributed by atoms with Gasteiger partial charge in [-0.15, -0.1) is 11.8 Å². The van der Waals surface area contributed by atoms with Crippen LogP contribution in [0, 0.1) is 6.92 Å². The van der Waals surface area contributed by atoms with Gasteiger partial charge in [-0.25, -0.2) is 0 Å². The number of rotatable bonds is 10. The van der Waals surface area contributed by atoms with E-state index in [0.717, 1.165) is 60.4 Å². The van der Waals surface area contributed by atoms with Gasteiger partial charge in [0.15, 0.2) is 0 Å². The number of aryl methyl sites for hydroxylation is 1. The van der Waals surface area contributed by atoms with Gasteiger partial charge in [-0.3, -0.25) is 14.5 Å². The third-order valence-corrected chi connectivity index (χ3v) is 6.70. The molecular formula is C26H30N4O4S. The Morgan fingerprint density at radius 1 is 1.09 bits per heavy atom. The lowest BCUT2D eigenvalue weighted by Crippen LogP contribution is -2.38. The minimum Gasteiger partial charge on any atom is -0.379 e. The first-order valence-corrected chi connectivity index (χ1v) is 12.7. The number of ether oxygens (including phenoxy) is 1. The number of morpholine rings is 1. The first-order valence-electron chi connectivity index (χ1n) is 11.7. The molecule has 0 saturated carbocycles. The SMILES string of the molecule is Cc1cc(CSc2ccccc2C(=O)NCc2cccc(NC(=O)CCN3CCOCC3)c2)on1. The first-order chi connectivity index (χ1) is 17.1. The van der Waals surface area contributed by atoms with Crippen LogP contribution in [-0.2, 0) is 21.8 Å². The number of amides is 2. The monoisotopic (exact) mass is 494 g/mol. The van der Waals surface area contributed by atoms with E-state index in [1.165, 1.54) is 11.8 Å². The predicted molar refractivity (Wildman–Crippen MR) is 135 cm³/mol. The molecule has 35 heavy (non-hydrogen) atoms. The third-order valence-electron chi connectivity index (χ3n) is 5.60. The number of aromatic nitrogens is 1. The number of hydrogen-bond donors (Lipinski definition) is 2. The summed E-state index contributed by atoms with van der Waals surface area (Å²) in [4.78, 5) is 28.4. The molecule has 1 aliphatic rings. The molecule has 2 aromatic carbocycles. The molecule has 1 aromatic heterocycles. The van der Waals surface area contributed by atoms with E-state index in [-0.39, 0.29) is 11.8 Å². The van der Waals surface area contributed by atoms with E-state index in [1.807, 2.05) is 61.5 Å². The maximum atomic E-state index is 12.9. The summed E-state index contributed by atoms with van der Waals surface area (Å²) >= 11 is 1.54. The second-order valence-electron chi connectivity index (χ2n) is 8.35. The fourth-order valence-corrected chi connectivity index (χ4v) is 4.68. The zero-order valence-electron chi connectivity index (χ0n) is 19.8. The number of carbonyl (C=O) groups excluding carboxylic acids is 2. The van der Waals surface area contributed by atoms with E-state index in [9.17, 15) is 9.59 Å². The van der Waals surface area contributed by atoms with E-state index in [1.54, 1.807) is 0 Å². The Bertz CT molecular complexity index is 1140. The molecule has 0 spiro atoms. The molecule has 0 atom stereocenters. The van der Waals surface area contributed by atoms with Crippen LogP contribution in [0.3, 0.4) is 0 Å². The Hall–Kier alpha value is -3.14. The number of benzene rings is 2. The van der Waals surface area contributed by atoms with Crippen LogP contribution < -0.4 is 10.6 Å². The van der Waals surface area contributed by atoms with Crippen LogP contribution in [0.2, 0.25) is 0 Å². The van der Waals surface area contributed by atoms with Gasteiger partial charge < -0.3 is 19.9 Å². The van der Waals surface area contributed by atoms with Gasteiger partial charge in [-0.05, 0) is 36.8 Å². The number of thioether (sulfide) groups is 1. The van der Waals surface area contributed by atoms with E-state index < -0.39 is 0 Å². The number of nitrogens with zero attached hydrogens (tertiary/aromatic N) is 2. The fourth-order valence-electron chi connectivity index (χ4n) is 3.76. The molecule has 1 aliphatic heterocycles. The van der Waals surface area contributed by atoms with Crippen molar-refractivity contribution in [2.75, 3.05) is 38.2 Å². The van der Waals surface area contributed by atoms with E-state index >= 15 is 0 Å². The number of nitrogens with one attached hydrogen (secondary N) is 2. The standard InChI is InChI=1S/C26H30N4O4S/c1-19-15-22(34-29-19)18-35-24-8-3-2-7-23(24)26(32)27-17-20-5-4-6-21(16-20)28-25(31)9-10-30-11-13-33-14-12-30/h2-8,15-16H,9-14,17-18H2,1H3,(H,27,32)(H,28,31). The molecule has 2 heterocycles. The van der Waals surface area contributed by atoms with Crippen LogP contribution in [0.5, 0.6) is 0 Å². The molecule has 8 nitrogen and oxygen atoms in total. The smallest absolute Gasteiger partial charge is 0.252 e. The number of hydrogen-bond acceptors (Lipinski definition) is 7. The second kappa shape index (κ2) is 12.5. The lowest BCUT2D eigenvalue weighted by molar-refractivity contribution is -0.116. The summed E-state index contributed by atoms with van der Waals surface area (Å²) in [5, 5.41) is 9.85. The molecule has 4 rings (SSSR count). The summed E-state index contributed by atoms with van der Waals surface area (Å²) in [6, 6.07) is 16.9. The van der Waals surface area contributed by atoms with Crippen LogP contribution in [-0.4, -0.2) is 54.7 Å². The quantitative estimate of drug-likeness (QED) is 0.413. The van der Waals surface area contributed by atoms with Crippen LogP contribution in [0.15, 0.2) is 64.0 Å². The molecule has 3 aromatic rings. The van der Waals surface area contributed by atoms with E-state index in [2.05, 4.69) is 20.7 Å². The molecule has 0 unspecified atom stereocenters. The Morgan fingerprint density at radius 3 is 2.71 bits per heavy atom. The minimum absolute atomic E-state index is 0.0226. The summed E-state index contributed by atoms with van der Waals surface area (Å²) < 4.78 is 10.6. The predicted octanol–water partition coefficient (Wildman–Crippen LogP) is 3.87. The Labute approximate surface area is 209 Å². The summed E-state index contributed by atoms with van der Waals surface area (Å²) in [5.41, 5.74) is 3.08. The largest absolute Gasteiger partial charge is 0.379 e. The van der Waals surface area contributed by atoms with Gasteiger partial charge in [0.2, 0.25) is 5.91 Å². The third kappa shape index (κ3) is 7.68. The van der Waals surface area contributed by atoms with Crippen LogP contribution in [0.1, 0.15) is 33.8 Å². The molecule has 0 aliphatic carbocycles. The van der Waals surface area contributed by atoms with Crippen LogP contribution in [0.4, 0.5) is 5.69 Å². The van der Waals surface area contributed by atoms with Crippen molar-refractivity contribution in [3.63, 3.8) is 0 Å². The average Bonchev–Trinajstić information content (AvgIpc) is 3.31. The average molecular weight is 495 g/mol. The lowest BCUT2D eigenvalue weighted by Gasteiger charge is -2.26. The molecule has 1 fully saturated rings. The van der Waals surface area contributed by atoms with Crippen molar-refractivity contribution in [1.29, 1.82) is 0 Å². The van der Waals surface area contributed by atoms with Crippen LogP contribution >= 0.6 is 11.8 Å². The normalized spacial score (nSPS) is 14.0. The lowest BCUT2D eigenvalue weighted by atomic mass is 10.1. The molecule has 0 bridgehead atoms. The molecular weight excluding hydrogens is 464 g/mol. The topological polar surface area (TPSA) is 96.7 Å². The second-order valence-corrected chi connectivity index (χ2v) is 9.37. The van der Waals surface area contributed by atoms with Crippen molar-refractivity contribution in [3.05, 3.63) is 77.2 Å². The van der Waals surface area contributed by atoms with Gasteiger partial charge in [-0.2, -0.15) is 0 Å². The van der Waals surface area contributed by atoms with Crippen molar-refractivity contribution in [2.24, 2.45) is 0 Å². The van der Waals surface area contributed by atoms with Gasteiger partial charge in [0.1, 0.15) is 5.76 Å². The zero-order chi connectivity index (χ0) is 24.5. The molecule has 1 saturated heterocycles. The maximum Gasteiger partial charge on any atom is 0.252 e. The molecule has 2 N–H and O–H groups in total. The summed E-state index contributed by atoms with van der Waals surface area (Å²) in [6.07, 6.45) is 0.434. The van der Waals surface area contributed by atoms with Crippen molar-refractivity contribution in [1.82, 2.24) is 15.4 Å². The Kier molecular flexibility index (Phi) is 8.94. The highest BCUT2D eigenvalue weighted by atomic mass is 32.2. The van der Waals surface area contributed by atoms with Crippen molar-refractivity contribution < 1.29 is 18.8 Å². The zero-order valence-corrected chi connectivity index (χ0v) is 20.6. The van der Waals surface area contributed by atoms with Crippen molar-refractivity contribution in [3.8, 4) is 0 Å². The van der Waals surface area contributed by atoms with E-state index in [4.69, 9.17) is 9.26 Å². The minimum atomic E-state index is -0.151. The van der Waals surface area contributed by atoms with Gasteiger partial charge in [0, 0.05) is 49.2 Å². The fraction of sp³-hybridized carbons (Fsp3) is 0.346. The molecule has 9 heteroatoms. The van der Waals surface area contributed by atoms with Gasteiger partial charge in [0.25, 0.3) is 5.91 Å². The summed E-state index contributed by atoms with van der Waals surface area (Å²) in [6.45, 7) is 6.13. The highest BCUT2D eigenvalue weighted by Gasteiger charge is 2.14. The molecule has 184 valence electrons. The Morgan fingerprint density at radius 2 is 1.91 bits per heavy atom.